The van der Waals surface area contributed by atoms with E-state index in [2.05, 4.69) is 22.1 Å². The first kappa shape index (κ1) is 13.6. The number of imidazole rings is 1. The largest absolute Gasteiger partial charge is 0.472 e. The lowest BCUT2D eigenvalue weighted by molar-refractivity contribution is 0.232. The molecule has 6 nitrogen and oxygen atoms in total. The standard InChI is InChI=1S/C13H21N5O/c1-5-6-7-9-15-10-11(18(9)4)13(19-8(2)3)17-16-12(10)14/h8H,5-7H2,1-4H3,(H2,14,16). The number of hydrogen-bond donors (Lipinski definition) is 1. The normalized spacial score (nSPS) is 11.4. The third-order valence-electron chi connectivity index (χ3n) is 2.98. The molecule has 2 aromatic rings. The molecule has 0 aliphatic heterocycles. The van der Waals surface area contributed by atoms with E-state index in [1.165, 1.54) is 0 Å². The number of ether oxygens (including phenoxy) is 1. The fraction of sp³-hybridized carbons (Fsp3) is 0.615. The zero-order valence-corrected chi connectivity index (χ0v) is 12.0. The maximum atomic E-state index is 5.86. The molecule has 104 valence electrons. The Labute approximate surface area is 113 Å². The molecule has 0 spiro atoms. The van der Waals surface area contributed by atoms with Crippen molar-refractivity contribution in [2.45, 2.75) is 46.1 Å². The summed E-state index contributed by atoms with van der Waals surface area (Å²) in [5.74, 6) is 1.84. The molecule has 0 amide bonds. The second-order valence-electron chi connectivity index (χ2n) is 4.94. The summed E-state index contributed by atoms with van der Waals surface area (Å²) < 4.78 is 7.70. The highest BCUT2D eigenvalue weighted by Gasteiger charge is 2.17. The molecule has 0 atom stereocenters. The van der Waals surface area contributed by atoms with Gasteiger partial charge in [0.2, 0.25) is 0 Å². The minimum absolute atomic E-state index is 0.0371. The van der Waals surface area contributed by atoms with E-state index in [-0.39, 0.29) is 6.10 Å². The Morgan fingerprint density at radius 1 is 1.32 bits per heavy atom. The van der Waals surface area contributed by atoms with Crippen molar-refractivity contribution in [3.8, 4) is 5.88 Å². The summed E-state index contributed by atoms with van der Waals surface area (Å²) in [5, 5.41) is 7.96. The van der Waals surface area contributed by atoms with Crippen LogP contribution in [0.25, 0.3) is 11.0 Å². The topological polar surface area (TPSA) is 78.8 Å². The molecule has 0 aliphatic rings. The van der Waals surface area contributed by atoms with Gasteiger partial charge in [-0.25, -0.2) is 4.98 Å². The average Bonchev–Trinajstić information content (AvgIpc) is 2.69. The number of anilines is 1. The number of aryl methyl sites for hydroxylation is 2. The fourth-order valence-electron chi connectivity index (χ4n) is 2.02. The quantitative estimate of drug-likeness (QED) is 0.893. The van der Waals surface area contributed by atoms with Gasteiger partial charge in [-0.05, 0) is 20.3 Å². The van der Waals surface area contributed by atoms with E-state index in [0.29, 0.717) is 17.2 Å². The van der Waals surface area contributed by atoms with Crippen LogP contribution < -0.4 is 10.5 Å². The molecule has 6 heteroatoms. The summed E-state index contributed by atoms with van der Waals surface area (Å²) >= 11 is 0. The van der Waals surface area contributed by atoms with Crippen LogP contribution in [0.3, 0.4) is 0 Å². The molecule has 0 fully saturated rings. The molecule has 2 N–H and O–H groups in total. The van der Waals surface area contributed by atoms with E-state index in [9.17, 15) is 0 Å². The molecule has 19 heavy (non-hydrogen) atoms. The molecule has 2 aromatic heterocycles. The van der Waals surface area contributed by atoms with Gasteiger partial charge in [0.05, 0.1) is 6.10 Å². The molecule has 2 rings (SSSR count). The predicted octanol–water partition coefficient (Wildman–Crippen LogP) is 2.08. The maximum absolute atomic E-state index is 5.86. The van der Waals surface area contributed by atoms with Crippen molar-refractivity contribution < 1.29 is 4.74 Å². The molecule has 0 bridgehead atoms. The summed E-state index contributed by atoms with van der Waals surface area (Å²) in [7, 11) is 1.97. The SMILES string of the molecule is CCCCc1nc2c(N)nnc(OC(C)C)c2n1C. The van der Waals surface area contributed by atoms with E-state index < -0.39 is 0 Å². The van der Waals surface area contributed by atoms with Gasteiger partial charge in [-0.1, -0.05) is 13.3 Å². The van der Waals surface area contributed by atoms with E-state index in [4.69, 9.17) is 10.5 Å². The summed E-state index contributed by atoms with van der Waals surface area (Å²) in [6, 6.07) is 0. The number of fused-ring (bicyclic) bond motifs is 1. The summed E-state index contributed by atoms with van der Waals surface area (Å²) in [4.78, 5) is 4.57. The highest BCUT2D eigenvalue weighted by molar-refractivity contribution is 5.88. The van der Waals surface area contributed by atoms with Crippen LogP contribution in [0.1, 0.15) is 39.4 Å². The molecule has 0 unspecified atom stereocenters. The van der Waals surface area contributed by atoms with Gasteiger partial charge in [0.15, 0.2) is 5.82 Å². The molecular formula is C13H21N5O. The summed E-state index contributed by atoms with van der Waals surface area (Å²) in [5.41, 5.74) is 7.37. The molecule has 0 aromatic carbocycles. The second kappa shape index (κ2) is 5.42. The monoisotopic (exact) mass is 263 g/mol. The van der Waals surface area contributed by atoms with Crippen molar-refractivity contribution in [3.63, 3.8) is 0 Å². The second-order valence-corrected chi connectivity index (χ2v) is 4.94. The van der Waals surface area contributed by atoms with Gasteiger partial charge in [0, 0.05) is 13.5 Å². The number of unbranched alkanes of at least 4 members (excludes halogenated alkanes) is 1. The van der Waals surface area contributed by atoms with Crippen LogP contribution in [0.2, 0.25) is 0 Å². The number of nitrogens with zero attached hydrogens (tertiary/aromatic N) is 4. The first-order valence-electron chi connectivity index (χ1n) is 6.68. The third kappa shape index (κ3) is 2.62. The Balaban J connectivity index is 2.53. The van der Waals surface area contributed by atoms with Crippen LogP contribution in [-0.2, 0) is 13.5 Å². The molecule has 0 saturated carbocycles. The first-order valence-corrected chi connectivity index (χ1v) is 6.68. The van der Waals surface area contributed by atoms with Gasteiger partial charge < -0.3 is 15.0 Å². The molecular weight excluding hydrogens is 242 g/mol. The molecule has 2 heterocycles. The molecule has 0 radical (unpaired) electrons. The minimum atomic E-state index is 0.0371. The average molecular weight is 263 g/mol. The number of nitrogens with two attached hydrogens (primary N) is 1. The van der Waals surface area contributed by atoms with Crippen LogP contribution in [0.4, 0.5) is 5.82 Å². The molecule has 0 saturated heterocycles. The first-order chi connectivity index (χ1) is 9.04. The van der Waals surface area contributed by atoms with Gasteiger partial charge in [-0.2, -0.15) is 0 Å². The minimum Gasteiger partial charge on any atom is -0.472 e. The zero-order chi connectivity index (χ0) is 14.0. The van der Waals surface area contributed by atoms with Crippen LogP contribution in [0.15, 0.2) is 0 Å². The van der Waals surface area contributed by atoms with Crippen molar-refractivity contribution in [2.75, 3.05) is 5.73 Å². The van der Waals surface area contributed by atoms with Gasteiger partial charge in [0.25, 0.3) is 5.88 Å². The highest BCUT2D eigenvalue weighted by atomic mass is 16.5. The summed E-state index contributed by atoms with van der Waals surface area (Å²) in [6.45, 7) is 6.07. The number of hydrogen-bond acceptors (Lipinski definition) is 5. The van der Waals surface area contributed by atoms with Crippen molar-refractivity contribution in [2.24, 2.45) is 7.05 Å². The van der Waals surface area contributed by atoms with Crippen molar-refractivity contribution >= 4 is 16.9 Å². The lowest BCUT2D eigenvalue weighted by Crippen LogP contribution is -2.10. The van der Waals surface area contributed by atoms with Gasteiger partial charge >= 0.3 is 0 Å². The number of aromatic nitrogens is 4. The van der Waals surface area contributed by atoms with Gasteiger partial charge in [-0.3, -0.25) is 0 Å². The number of rotatable bonds is 5. The Morgan fingerprint density at radius 3 is 2.68 bits per heavy atom. The predicted molar refractivity (Wildman–Crippen MR) is 75.1 cm³/mol. The fourth-order valence-corrected chi connectivity index (χ4v) is 2.02. The Hall–Kier alpha value is -1.85. The van der Waals surface area contributed by atoms with Crippen LogP contribution >= 0.6 is 0 Å². The van der Waals surface area contributed by atoms with Gasteiger partial charge in [0.1, 0.15) is 16.9 Å². The van der Waals surface area contributed by atoms with Gasteiger partial charge in [-0.15, -0.1) is 10.2 Å². The van der Waals surface area contributed by atoms with E-state index in [1.54, 1.807) is 0 Å². The lowest BCUT2D eigenvalue weighted by Gasteiger charge is -2.10. The highest BCUT2D eigenvalue weighted by Crippen LogP contribution is 2.27. The van der Waals surface area contributed by atoms with E-state index in [1.807, 2.05) is 25.5 Å². The van der Waals surface area contributed by atoms with E-state index >= 15 is 0 Å². The Bertz CT molecular complexity index is 576. The van der Waals surface area contributed by atoms with Crippen LogP contribution in [0, 0.1) is 0 Å². The summed E-state index contributed by atoms with van der Waals surface area (Å²) in [6.07, 6.45) is 3.18. The smallest absolute Gasteiger partial charge is 0.260 e. The van der Waals surface area contributed by atoms with Crippen molar-refractivity contribution in [3.05, 3.63) is 5.82 Å². The van der Waals surface area contributed by atoms with Crippen LogP contribution in [0.5, 0.6) is 5.88 Å². The number of nitrogen functional groups attached to an aromatic ring is 1. The van der Waals surface area contributed by atoms with Crippen molar-refractivity contribution in [1.82, 2.24) is 19.7 Å². The van der Waals surface area contributed by atoms with E-state index in [0.717, 1.165) is 30.6 Å². The van der Waals surface area contributed by atoms with Crippen molar-refractivity contribution in [1.29, 1.82) is 0 Å². The zero-order valence-electron chi connectivity index (χ0n) is 12.0. The lowest BCUT2D eigenvalue weighted by atomic mass is 10.2. The van der Waals surface area contributed by atoms with Crippen LogP contribution in [-0.4, -0.2) is 25.9 Å². The Morgan fingerprint density at radius 2 is 2.05 bits per heavy atom. The maximum Gasteiger partial charge on any atom is 0.260 e. The Kier molecular flexibility index (Phi) is 3.87. The third-order valence-corrected chi connectivity index (χ3v) is 2.98. The molecule has 0 aliphatic carbocycles.